The number of carbonyl (C=O) groups is 3. The second kappa shape index (κ2) is 12.3. The number of fused-ring (bicyclic) bond motifs is 1. The number of thioether (sulfide) groups is 1. The van der Waals surface area contributed by atoms with Crippen LogP contribution in [0.25, 0.3) is 10.8 Å². The number of hydrogen-bond acceptors (Lipinski definition) is 4. The summed E-state index contributed by atoms with van der Waals surface area (Å²) in [4.78, 5) is 38.0. The van der Waals surface area contributed by atoms with Crippen molar-refractivity contribution in [3.05, 3.63) is 101 Å². The average molecular weight is 625 g/mol. The molecule has 4 aromatic carbocycles. The van der Waals surface area contributed by atoms with Crippen LogP contribution < -0.4 is 10.6 Å². The lowest BCUT2D eigenvalue weighted by molar-refractivity contribution is -0.143. The number of carboxylic acids is 1. The zero-order valence-corrected chi connectivity index (χ0v) is 22.6. The van der Waals surface area contributed by atoms with Gasteiger partial charge in [-0.15, -0.1) is 11.8 Å². The summed E-state index contributed by atoms with van der Waals surface area (Å²) in [5, 5.41) is 13.4. The van der Waals surface area contributed by atoms with Gasteiger partial charge in [-0.2, -0.15) is 13.2 Å². The Morgan fingerprint density at radius 2 is 1.42 bits per heavy atom. The zero-order chi connectivity index (χ0) is 31.6. The third-order valence-corrected chi connectivity index (χ3v) is 7.57. The first kappa shape index (κ1) is 31.3. The second-order valence-corrected chi connectivity index (χ2v) is 10.3. The maximum atomic E-state index is 14.3. The molecule has 0 saturated carbocycles. The van der Waals surface area contributed by atoms with Crippen molar-refractivity contribution in [1.82, 2.24) is 0 Å². The van der Waals surface area contributed by atoms with Gasteiger partial charge in [0.2, 0.25) is 5.91 Å². The van der Waals surface area contributed by atoms with E-state index in [1.807, 2.05) is 0 Å². The number of nitrogens with one attached hydrogen (secondary N) is 2. The number of halogens is 7. The standard InChI is InChI=1S/C29H19F7N2O4S/c1-2-18(27(40)38-25-23(32)21(30)20(29(34,35)36)22(31)24(25)33)43-15-9-5-8-14(12-15)37-26(39)16-10-3-6-13-7-4-11-17(19(13)16)28(41)42/h3-12,18H,2H2,1H3,(H,37,39)(H,38,40)(H,41,42). The van der Waals surface area contributed by atoms with E-state index in [1.54, 1.807) is 29.6 Å². The summed E-state index contributed by atoms with van der Waals surface area (Å²) < 4.78 is 95.1. The Morgan fingerprint density at radius 1 is 0.837 bits per heavy atom. The SMILES string of the molecule is CCC(Sc1cccc(NC(=O)c2cccc3cccc(C(=O)O)c23)c1)C(=O)Nc1c(F)c(F)c(C(F)(F)F)c(F)c1F. The number of aromatic carboxylic acids is 1. The first-order valence-corrected chi connectivity index (χ1v) is 13.2. The van der Waals surface area contributed by atoms with Crippen LogP contribution in [0.3, 0.4) is 0 Å². The normalized spacial score (nSPS) is 12.2. The fraction of sp³-hybridized carbons (Fsp3) is 0.138. The highest BCUT2D eigenvalue weighted by Crippen LogP contribution is 2.39. The van der Waals surface area contributed by atoms with Crippen molar-refractivity contribution in [2.75, 3.05) is 10.6 Å². The Bertz CT molecular complexity index is 1730. The van der Waals surface area contributed by atoms with E-state index in [0.717, 1.165) is 11.8 Å². The number of rotatable bonds is 8. The van der Waals surface area contributed by atoms with E-state index in [2.05, 4.69) is 5.32 Å². The van der Waals surface area contributed by atoms with E-state index >= 15 is 0 Å². The summed E-state index contributed by atoms with van der Waals surface area (Å²) in [6.07, 6.45) is -5.72. The lowest BCUT2D eigenvalue weighted by Gasteiger charge is -2.18. The molecule has 4 rings (SSSR count). The predicted octanol–water partition coefficient (Wildman–Crippen LogP) is 7.87. The molecular formula is C29H19F7N2O4S. The molecule has 4 aromatic rings. The van der Waals surface area contributed by atoms with E-state index in [-0.39, 0.29) is 28.6 Å². The van der Waals surface area contributed by atoms with Crippen molar-refractivity contribution in [3.63, 3.8) is 0 Å². The van der Waals surface area contributed by atoms with Crippen LogP contribution in [0.15, 0.2) is 65.6 Å². The molecule has 0 fully saturated rings. The average Bonchev–Trinajstić information content (AvgIpc) is 2.95. The van der Waals surface area contributed by atoms with E-state index < -0.39 is 63.7 Å². The van der Waals surface area contributed by atoms with E-state index in [9.17, 15) is 50.2 Å². The number of hydrogen-bond donors (Lipinski definition) is 3. The Morgan fingerprint density at radius 3 is 1.98 bits per heavy atom. The van der Waals surface area contributed by atoms with Gasteiger partial charge >= 0.3 is 12.1 Å². The molecule has 3 N–H and O–H groups in total. The van der Waals surface area contributed by atoms with Crippen LogP contribution in [0.2, 0.25) is 0 Å². The minimum Gasteiger partial charge on any atom is -0.478 e. The molecule has 0 spiro atoms. The third-order valence-electron chi connectivity index (χ3n) is 6.21. The number of carboxylic acid groups (broad SMARTS) is 1. The van der Waals surface area contributed by atoms with Gasteiger partial charge in [0.05, 0.1) is 10.8 Å². The lowest BCUT2D eigenvalue weighted by Crippen LogP contribution is -2.27. The molecule has 0 radical (unpaired) electrons. The van der Waals surface area contributed by atoms with Gasteiger partial charge in [0.15, 0.2) is 23.3 Å². The summed E-state index contributed by atoms with van der Waals surface area (Å²) in [6, 6.07) is 15.2. The van der Waals surface area contributed by atoms with Crippen LogP contribution in [0.5, 0.6) is 0 Å². The summed E-state index contributed by atoms with van der Waals surface area (Å²) >= 11 is 0.836. The largest absolute Gasteiger partial charge is 0.478 e. The third kappa shape index (κ3) is 6.43. The van der Waals surface area contributed by atoms with Crippen LogP contribution in [0.1, 0.15) is 39.6 Å². The van der Waals surface area contributed by atoms with Gasteiger partial charge in [-0.3, -0.25) is 9.59 Å². The quantitative estimate of drug-likeness (QED) is 0.105. The van der Waals surface area contributed by atoms with E-state index in [4.69, 9.17) is 0 Å². The highest BCUT2D eigenvalue weighted by molar-refractivity contribution is 8.00. The van der Waals surface area contributed by atoms with Crippen LogP contribution >= 0.6 is 11.8 Å². The highest BCUT2D eigenvalue weighted by Gasteiger charge is 2.42. The van der Waals surface area contributed by atoms with Gasteiger partial charge in [-0.1, -0.05) is 37.3 Å². The monoisotopic (exact) mass is 624 g/mol. The molecule has 2 amide bonds. The fourth-order valence-electron chi connectivity index (χ4n) is 4.23. The molecule has 0 aromatic heterocycles. The first-order valence-electron chi connectivity index (χ1n) is 12.3. The van der Waals surface area contributed by atoms with Crippen molar-refractivity contribution in [3.8, 4) is 0 Å². The molecular weight excluding hydrogens is 605 g/mol. The number of amides is 2. The molecule has 14 heteroatoms. The molecule has 0 bridgehead atoms. The van der Waals surface area contributed by atoms with Gasteiger partial charge < -0.3 is 15.7 Å². The number of anilines is 2. The molecule has 0 aliphatic carbocycles. The van der Waals surface area contributed by atoms with E-state index in [0.29, 0.717) is 10.3 Å². The lowest BCUT2D eigenvalue weighted by atomic mass is 9.98. The van der Waals surface area contributed by atoms with Crippen molar-refractivity contribution in [1.29, 1.82) is 0 Å². The minimum absolute atomic E-state index is 0.00982. The molecule has 43 heavy (non-hydrogen) atoms. The van der Waals surface area contributed by atoms with Crippen LogP contribution in [-0.4, -0.2) is 28.1 Å². The Balaban J connectivity index is 1.55. The predicted molar refractivity (Wildman–Crippen MR) is 145 cm³/mol. The van der Waals surface area contributed by atoms with Crippen LogP contribution in [-0.2, 0) is 11.0 Å². The Kier molecular flexibility index (Phi) is 8.99. The highest BCUT2D eigenvalue weighted by atomic mass is 32.2. The van der Waals surface area contributed by atoms with Crippen molar-refractivity contribution in [2.24, 2.45) is 0 Å². The molecule has 0 aliphatic heterocycles. The summed E-state index contributed by atoms with van der Waals surface area (Å²) in [6.45, 7) is 1.50. The van der Waals surface area contributed by atoms with Crippen molar-refractivity contribution in [2.45, 2.75) is 29.7 Å². The Hall–Kier alpha value is -4.59. The summed E-state index contributed by atoms with van der Waals surface area (Å²) in [5.41, 5.74) is -4.23. The number of carbonyl (C=O) groups excluding carboxylic acids is 2. The van der Waals surface area contributed by atoms with Gasteiger partial charge in [0.1, 0.15) is 11.3 Å². The van der Waals surface area contributed by atoms with Gasteiger partial charge in [-0.25, -0.2) is 22.4 Å². The fourth-order valence-corrected chi connectivity index (χ4v) is 5.25. The number of alkyl halides is 3. The molecule has 0 saturated heterocycles. The molecule has 1 unspecified atom stereocenters. The van der Waals surface area contributed by atoms with Crippen LogP contribution in [0, 0.1) is 23.3 Å². The molecule has 1 atom stereocenters. The second-order valence-electron chi connectivity index (χ2n) is 9.00. The summed E-state index contributed by atoms with van der Waals surface area (Å²) in [7, 11) is 0. The zero-order valence-electron chi connectivity index (χ0n) is 21.8. The van der Waals surface area contributed by atoms with Gasteiger partial charge in [-0.05, 0) is 42.1 Å². The maximum Gasteiger partial charge on any atom is 0.422 e. The minimum atomic E-state index is -5.73. The van der Waals surface area contributed by atoms with Crippen LogP contribution in [0.4, 0.5) is 42.1 Å². The summed E-state index contributed by atoms with van der Waals surface area (Å²) in [5.74, 6) is -13.2. The number of benzene rings is 4. The molecule has 0 aliphatic rings. The topological polar surface area (TPSA) is 95.5 Å². The Labute approximate surface area is 242 Å². The molecule has 224 valence electrons. The van der Waals surface area contributed by atoms with Crippen molar-refractivity contribution >= 4 is 51.7 Å². The molecule has 6 nitrogen and oxygen atoms in total. The smallest absolute Gasteiger partial charge is 0.422 e. The maximum absolute atomic E-state index is 14.3. The first-order chi connectivity index (χ1) is 20.2. The van der Waals surface area contributed by atoms with Gasteiger partial charge in [0, 0.05) is 21.5 Å². The van der Waals surface area contributed by atoms with E-state index in [1.165, 1.54) is 43.3 Å². The van der Waals surface area contributed by atoms with Gasteiger partial charge in [0.25, 0.3) is 5.91 Å². The van der Waals surface area contributed by atoms with Crippen molar-refractivity contribution < 1.29 is 50.2 Å². The molecule has 0 heterocycles.